The van der Waals surface area contributed by atoms with E-state index in [0.717, 1.165) is 12.8 Å². The number of unbranched alkanes of at least 4 members (excludes halogenated alkanes) is 12. The Bertz CT molecular complexity index is 270. The molecule has 0 aromatic carbocycles. The van der Waals surface area contributed by atoms with Gasteiger partial charge in [0.2, 0.25) is 0 Å². The van der Waals surface area contributed by atoms with Crippen molar-refractivity contribution in [3.8, 4) is 0 Å². The summed E-state index contributed by atoms with van der Waals surface area (Å²) in [5.74, 6) is 0. The molecule has 2 nitrogen and oxygen atoms in total. The van der Waals surface area contributed by atoms with Gasteiger partial charge in [-0.1, -0.05) is 103 Å². The van der Waals surface area contributed by atoms with Crippen LogP contribution in [0.25, 0.3) is 0 Å². The summed E-state index contributed by atoms with van der Waals surface area (Å²) >= 11 is 10.6. The van der Waals surface area contributed by atoms with Crippen LogP contribution in [0.1, 0.15) is 104 Å². The first-order valence-electron chi connectivity index (χ1n) is 9.72. The van der Waals surface area contributed by atoms with Gasteiger partial charge in [0.05, 0.1) is 18.9 Å². The molecule has 0 N–H and O–H groups in total. The van der Waals surface area contributed by atoms with Gasteiger partial charge in [0.15, 0.2) is 0 Å². The summed E-state index contributed by atoms with van der Waals surface area (Å²) in [6.45, 7) is 5.84. The average Bonchev–Trinajstić information content (AvgIpc) is 2.52. The molecule has 0 saturated carbocycles. The molecule has 0 unspecified atom stereocenters. The Kier molecular flexibility index (Phi) is 24.1. The molecule has 0 rings (SSSR count). The van der Waals surface area contributed by atoms with Gasteiger partial charge in [0, 0.05) is 19.5 Å². The molecule has 6 heteroatoms. The van der Waals surface area contributed by atoms with Crippen LogP contribution in [0.4, 0.5) is 0 Å². The third kappa shape index (κ3) is 21.6. The topological polar surface area (TPSA) is 18.5 Å². The second-order valence-corrected chi connectivity index (χ2v) is 11.3. The molecule has 142 valence electrons. The van der Waals surface area contributed by atoms with Gasteiger partial charge in [-0.15, -0.1) is 0 Å². The molecule has 0 aliphatic carbocycles. The van der Waals surface area contributed by atoms with E-state index in [4.69, 9.17) is 33.1 Å². The summed E-state index contributed by atoms with van der Waals surface area (Å²) in [4.78, 5) is 0. The van der Waals surface area contributed by atoms with Crippen molar-refractivity contribution < 1.29 is 28.5 Å². The van der Waals surface area contributed by atoms with Crippen molar-refractivity contribution in [3.05, 3.63) is 0 Å². The molecule has 0 amide bonds. The van der Waals surface area contributed by atoms with Gasteiger partial charge in [0.1, 0.15) is 0 Å². The normalized spacial score (nSPS) is 11.5. The molecule has 0 spiro atoms. The molecule has 0 aliphatic heterocycles. The van der Waals surface area contributed by atoms with Crippen LogP contribution in [0.2, 0.25) is 0 Å². The minimum absolute atomic E-state index is 0. The average molecular weight is 447 g/mol. The third-order valence-electron chi connectivity index (χ3n) is 3.99. The van der Waals surface area contributed by atoms with Crippen LogP contribution in [-0.4, -0.2) is 13.2 Å². The van der Waals surface area contributed by atoms with E-state index in [9.17, 15) is 0 Å². The maximum absolute atomic E-state index is 5.64. The first-order valence-corrected chi connectivity index (χ1v) is 13.4. The standard InChI is InChI=1S/C18H39O2PS2.Zn/c1-3-5-7-9-11-13-15-17-19-21(22,23)20-18-16-14-12-10-8-6-4-2;/h3-18H2,1-2H3,(H,22,23);/p-1. The molecule has 0 radical (unpaired) electrons. The van der Waals surface area contributed by atoms with E-state index < -0.39 is 5.69 Å². The molecule has 0 atom stereocenters. The van der Waals surface area contributed by atoms with Gasteiger partial charge in [-0.05, 0) is 12.8 Å². The Labute approximate surface area is 174 Å². The zero-order valence-corrected chi connectivity index (χ0v) is 21.6. The van der Waals surface area contributed by atoms with E-state index in [2.05, 4.69) is 13.8 Å². The Balaban J connectivity index is 0. The predicted octanol–water partition coefficient (Wildman–Crippen LogP) is 7.29. The van der Waals surface area contributed by atoms with Crippen molar-refractivity contribution in [3.63, 3.8) is 0 Å². The molecule has 0 aromatic rings. The summed E-state index contributed by atoms with van der Waals surface area (Å²) in [6, 6.07) is 0. The number of hydrogen-bond acceptors (Lipinski definition) is 4. The van der Waals surface area contributed by atoms with Crippen molar-refractivity contribution in [2.75, 3.05) is 13.2 Å². The van der Waals surface area contributed by atoms with Gasteiger partial charge in [-0.3, -0.25) is 0 Å². The third-order valence-corrected chi connectivity index (χ3v) is 6.26. The van der Waals surface area contributed by atoms with Crippen molar-refractivity contribution >= 4 is 29.7 Å². The molecule has 0 aliphatic rings. The monoisotopic (exact) mass is 445 g/mol. The van der Waals surface area contributed by atoms with E-state index in [-0.39, 0.29) is 19.5 Å². The van der Waals surface area contributed by atoms with E-state index in [1.807, 2.05) is 0 Å². The first kappa shape index (κ1) is 27.8. The number of rotatable bonds is 18. The Morgan fingerprint density at radius 2 is 0.917 bits per heavy atom. The zero-order chi connectivity index (χ0) is 17.2. The zero-order valence-electron chi connectivity index (χ0n) is 16.1. The Hall–Kier alpha value is 1.54. The minimum Gasteiger partial charge on any atom is -0.691 e. The van der Waals surface area contributed by atoms with E-state index in [1.165, 1.54) is 77.0 Å². The quantitative estimate of drug-likeness (QED) is 0.0951. The molecule has 0 bridgehead atoms. The summed E-state index contributed by atoms with van der Waals surface area (Å²) < 4.78 is 11.3. The van der Waals surface area contributed by atoms with Crippen LogP contribution in [-0.2, 0) is 52.6 Å². The summed E-state index contributed by atoms with van der Waals surface area (Å²) in [5, 5.41) is 0. The van der Waals surface area contributed by atoms with Crippen LogP contribution in [0, 0.1) is 0 Å². The van der Waals surface area contributed by atoms with Crippen molar-refractivity contribution in [2.24, 2.45) is 0 Å². The van der Waals surface area contributed by atoms with Gasteiger partial charge in [0.25, 0.3) is 0 Å². The fourth-order valence-corrected chi connectivity index (χ4v) is 4.18. The van der Waals surface area contributed by atoms with Crippen molar-refractivity contribution in [1.29, 1.82) is 0 Å². The van der Waals surface area contributed by atoms with Gasteiger partial charge in [-0.2, -0.15) is 0 Å². The second-order valence-electron chi connectivity index (χ2n) is 6.36. The van der Waals surface area contributed by atoms with Crippen LogP contribution < -0.4 is 0 Å². The van der Waals surface area contributed by atoms with Gasteiger partial charge in [-0.25, -0.2) is 0 Å². The Morgan fingerprint density at radius 3 is 1.25 bits per heavy atom. The van der Waals surface area contributed by atoms with E-state index in [0.29, 0.717) is 13.2 Å². The smallest absolute Gasteiger partial charge is 0.0563 e. The minimum atomic E-state index is -2.41. The second kappa shape index (κ2) is 20.9. The van der Waals surface area contributed by atoms with Crippen LogP contribution in [0.5, 0.6) is 0 Å². The summed E-state index contributed by atoms with van der Waals surface area (Å²) in [6.07, 6.45) is 17.8. The molecular formula is C18H38O2PS2Zn-. The molecule has 24 heavy (non-hydrogen) atoms. The Morgan fingerprint density at radius 1 is 0.625 bits per heavy atom. The van der Waals surface area contributed by atoms with Crippen molar-refractivity contribution in [2.45, 2.75) is 104 Å². The summed E-state index contributed by atoms with van der Waals surface area (Å²) in [7, 11) is 0. The van der Waals surface area contributed by atoms with Crippen LogP contribution in [0.3, 0.4) is 0 Å². The fraction of sp³-hybridized carbons (Fsp3) is 1.00. The van der Waals surface area contributed by atoms with Gasteiger partial charge >= 0.3 is 0 Å². The maximum atomic E-state index is 5.64. The van der Waals surface area contributed by atoms with E-state index >= 15 is 0 Å². The molecule has 0 heterocycles. The van der Waals surface area contributed by atoms with Crippen LogP contribution >= 0.6 is 5.69 Å². The van der Waals surface area contributed by atoms with E-state index in [1.54, 1.807) is 0 Å². The predicted molar refractivity (Wildman–Crippen MR) is 110 cm³/mol. The van der Waals surface area contributed by atoms with Crippen molar-refractivity contribution in [1.82, 2.24) is 0 Å². The van der Waals surface area contributed by atoms with Gasteiger partial charge < -0.3 is 21.3 Å². The summed E-state index contributed by atoms with van der Waals surface area (Å²) in [5.41, 5.74) is -2.41. The molecule has 0 aromatic heterocycles. The molecule has 0 fully saturated rings. The largest absolute Gasteiger partial charge is 0.691 e. The maximum Gasteiger partial charge on any atom is 0.0563 e. The molecular weight excluding hydrogens is 409 g/mol. The SMILES string of the molecule is CCCCCCCCCOP(=S)([S-])OCCCCCCCCC.[Zn]. The fourth-order valence-electron chi connectivity index (χ4n) is 2.51. The van der Waals surface area contributed by atoms with Crippen LogP contribution in [0.15, 0.2) is 0 Å². The molecule has 0 saturated heterocycles. The number of hydrogen-bond donors (Lipinski definition) is 0. The first-order chi connectivity index (χ1) is 11.1.